The van der Waals surface area contributed by atoms with Crippen molar-refractivity contribution in [3.8, 4) is 0 Å². The van der Waals surface area contributed by atoms with Gasteiger partial charge in [0.25, 0.3) is 0 Å². The van der Waals surface area contributed by atoms with Gasteiger partial charge in [0.2, 0.25) is 0 Å². The van der Waals surface area contributed by atoms with Gasteiger partial charge in [-0.05, 0) is 30.5 Å². The minimum atomic E-state index is -0.117. The molecule has 2 N–H and O–H groups in total. The summed E-state index contributed by atoms with van der Waals surface area (Å²) in [5.41, 5.74) is 7.43. The molecule has 0 atom stereocenters. The summed E-state index contributed by atoms with van der Waals surface area (Å²) in [4.78, 5) is 4.64. The lowest BCUT2D eigenvalue weighted by molar-refractivity contribution is 0.230. The van der Waals surface area contributed by atoms with Crippen LogP contribution in [-0.2, 0) is 6.42 Å². The van der Waals surface area contributed by atoms with Crippen molar-refractivity contribution >= 4 is 5.69 Å². The molecule has 4 heteroatoms. The van der Waals surface area contributed by atoms with Gasteiger partial charge in [0.05, 0.1) is 5.69 Å². The van der Waals surface area contributed by atoms with Crippen LogP contribution in [0.2, 0.25) is 0 Å². The molecule has 1 aliphatic heterocycles. The predicted octanol–water partition coefficient (Wildman–Crippen LogP) is 2.10. The number of piperazine rings is 1. The standard InChI is InChI=1S/C16H26FN3/c1-13(2)12-19-8-10-20(11-9-19)16-14(6-7-18)4-3-5-15(16)17/h3-5,13H,6-12,18H2,1-2H3. The van der Waals surface area contributed by atoms with Crippen LogP contribution in [0.4, 0.5) is 10.1 Å². The van der Waals surface area contributed by atoms with E-state index < -0.39 is 0 Å². The molecule has 1 fully saturated rings. The molecule has 0 saturated carbocycles. The van der Waals surface area contributed by atoms with Crippen molar-refractivity contribution in [3.05, 3.63) is 29.6 Å². The first-order valence-corrected chi connectivity index (χ1v) is 7.56. The third kappa shape index (κ3) is 3.70. The molecule has 0 aromatic heterocycles. The van der Waals surface area contributed by atoms with E-state index in [-0.39, 0.29) is 5.82 Å². The molecule has 112 valence electrons. The molecule has 20 heavy (non-hydrogen) atoms. The Morgan fingerprint density at radius 1 is 1.20 bits per heavy atom. The van der Waals surface area contributed by atoms with E-state index in [1.54, 1.807) is 12.1 Å². The normalized spacial score (nSPS) is 16.9. The fourth-order valence-electron chi connectivity index (χ4n) is 2.94. The van der Waals surface area contributed by atoms with E-state index in [4.69, 9.17) is 5.73 Å². The molecule has 0 aliphatic carbocycles. The highest BCUT2D eigenvalue weighted by Gasteiger charge is 2.21. The van der Waals surface area contributed by atoms with Gasteiger partial charge in [-0.15, -0.1) is 0 Å². The monoisotopic (exact) mass is 279 g/mol. The fourth-order valence-corrected chi connectivity index (χ4v) is 2.94. The Kier molecular flexibility index (Phi) is 5.38. The van der Waals surface area contributed by atoms with Crippen molar-refractivity contribution in [2.75, 3.05) is 44.2 Å². The summed E-state index contributed by atoms with van der Waals surface area (Å²) in [7, 11) is 0. The lowest BCUT2D eigenvalue weighted by atomic mass is 10.1. The number of anilines is 1. The van der Waals surface area contributed by atoms with E-state index in [2.05, 4.69) is 23.6 Å². The van der Waals surface area contributed by atoms with E-state index >= 15 is 0 Å². The van der Waals surface area contributed by atoms with Crippen LogP contribution in [0.1, 0.15) is 19.4 Å². The average molecular weight is 279 g/mol. The highest BCUT2D eigenvalue weighted by molar-refractivity contribution is 5.55. The summed E-state index contributed by atoms with van der Waals surface area (Å²) < 4.78 is 14.2. The first-order chi connectivity index (χ1) is 9.61. The lowest BCUT2D eigenvalue weighted by Crippen LogP contribution is -2.48. The Morgan fingerprint density at radius 3 is 2.50 bits per heavy atom. The molecule has 3 nitrogen and oxygen atoms in total. The van der Waals surface area contributed by atoms with E-state index in [9.17, 15) is 4.39 Å². The van der Waals surface area contributed by atoms with Crippen LogP contribution < -0.4 is 10.6 Å². The summed E-state index contributed by atoms with van der Waals surface area (Å²) in [5, 5.41) is 0. The summed E-state index contributed by atoms with van der Waals surface area (Å²) in [6.45, 7) is 9.97. The van der Waals surface area contributed by atoms with Crippen LogP contribution >= 0.6 is 0 Å². The van der Waals surface area contributed by atoms with Gasteiger partial charge in [0, 0.05) is 32.7 Å². The van der Waals surface area contributed by atoms with Crippen molar-refractivity contribution < 1.29 is 4.39 Å². The molecular formula is C16H26FN3. The van der Waals surface area contributed by atoms with Crippen LogP contribution in [0.5, 0.6) is 0 Å². The largest absolute Gasteiger partial charge is 0.366 e. The van der Waals surface area contributed by atoms with E-state index in [0.29, 0.717) is 12.5 Å². The maximum absolute atomic E-state index is 14.2. The number of halogens is 1. The Labute approximate surface area is 121 Å². The highest BCUT2D eigenvalue weighted by atomic mass is 19.1. The van der Waals surface area contributed by atoms with Crippen LogP contribution in [0.15, 0.2) is 18.2 Å². The zero-order valence-corrected chi connectivity index (χ0v) is 12.6. The number of para-hydroxylation sites is 1. The predicted molar refractivity (Wildman–Crippen MR) is 82.6 cm³/mol. The summed E-state index contributed by atoms with van der Waals surface area (Å²) >= 11 is 0. The van der Waals surface area contributed by atoms with Crippen molar-refractivity contribution in [1.82, 2.24) is 4.90 Å². The number of hydrogen-bond donors (Lipinski definition) is 1. The molecule has 1 aliphatic rings. The Morgan fingerprint density at radius 2 is 1.90 bits per heavy atom. The lowest BCUT2D eigenvalue weighted by Gasteiger charge is -2.37. The molecule has 1 aromatic carbocycles. The SMILES string of the molecule is CC(C)CN1CCN(c2c(F)cccc2CCN)CC1. The number of nitrogens with zero attached hydrogens (tertiary/aromatic N) is 2. The summed E-state index contributed by atoms with van der Waals surface area (Å²) in [6, 6.07) is 5.32. The number of nitrogens with two attached hydrogens (primary N) is 1. The quantitative estimate of drug-likeness (QED) is 0.896. The second-order valence-electron chi connectivity index (χ2n) is 5.97. The van der Waals surface area contributed by atoms with E-state index in [1.807, 2.05) is 6.07 Å². The first kappa shape index (κ1) is 15.3. The smallest absolute Gasteiger partial charge is 0.146 e. The fraction of sp³-hybridized carbons (Fsp3) is 0.625. The number of benzene rings is 1. The molecule has 1 saturated heterocycles. The van der Waals surface area contributed by atoms with Gasteiger partial charge in [0.1, 0.15) is 5.82 Å². The minimum Gasteiger partial charge on any atom is -0.366 e. The first-order valence-electron chi connectivity index (χ1n) is 7.56. The molecule has 1 heterocycles. The van der Waals surface area contributed by atoms with Gasteiger partial charge in [-0.1, -0.05) is 26.0 Å². The molecule has 0 spiro atoms. The van der Waals surface area contributed by atoms with Gasteiger partial charge in [-0.3, -0.25) is 4.90 Å². The second-order valence-corrected chi connectivity index (χ2v) is 5.97. The van der Waals surface area contributed by atoms with Gasteiger partial charge in [0.15, 0.2) is 0 Å². The third-order valence-electron chi connectivity index (χ3n) is 3.80. The van der Waals surface area contributed by atoms with Gasteiger partial charge in [-0.25, -0.2) is 4.39 Å². The molecule has 0 unspecified atom stereocenters. The molecule has 0 amide bonds. The van der Waals surface area contributed by atoms with Crippen LogP contribution in [0, 0.1) is 11.7 Å². The van der Waals surface area contributed by atoms with E-state index in [1.165, 1.54) is 0 Å². The average Bonchev–Trinajstić information content (AvgIpc) is 2.40. The Balaban J connectivity index is 2.06. The zero-order valence-electron chi connectivity index (χ0n) is 12.6. The topological polar surface area (TPSA) is 32.5 Å². The van der Waals surface area contributed by atoms with Crippen LogP contribution in [0.3, 0.4) is 0 Å². The molecule has 1 aromatic rings. The maximum atomic E-state index is 14.2. The molecule has 2 rings (SSSR count). The molecule has 0 bridgehead atoms. The highest BCUT2D eigenvalue weighted by Crippen LogP contribution is 2.26. The minimum absolute atomic E-state index is 0.117. The Bertz CT molecular complexity index is 426. The number of hydrogen-bond acceptors (Lipinski definition) is 3. The molecule has 0 radical (unpaired) electrons. The van der Waals surface area contributed by atoms with Crippen LogP contribution in [0.25, 0.3) is 0 Å². The van der Waals surface area contributed by atoms with Crippen LogP contribution in [-0.4, -0.2) is 44.2 Å². The maximum Gasteiger partial charge on any atom is 0.146 e. The Hall–Kier alpha value is -1.13. The van der Waals surface area contributed by atoms with Gasteiger partial charge in [-0.2, -0.15) is 0 Å². The third-order valence-corrected chi connectivity index (χ3v) is 3.80. The van der Waals surface area contributed by atoms with Crippen molar-refractivity contribution in [2.24, 2.45) is 11.7 Å². The summed E-state index contributed by atoms with van der Waals surface area (Å²) in [5.74, 6) is 0.566. The zero-order chi connectivity index (χ0) is 14.5. The van der Waals surface area contributed by atoms with Crippen molar-refractivity contribution in [3.63, 3.8) is 0 Å². The summed E-state index contributed by atoms with van der Waals surface area (Å²) in [6.07, 6.45) is 0.735. The van der Waals surface area contributed by atoms with Gasteiger partial charge < -0.3 is 10.6 Å². The molecular weight excluding hydrogens is 253 g/mol. The van der Waals surface area contributed by atoms with Crippen molar-refractivity contribution in [2.45, 2.75) is 20.3 Å². The van der Waals surface area contributed by atoms with Gasteiger partial charge >= 0.3 is 0 Å². The number of rotatable bonds is 5. The van der Waals surface area contributed by atoms with Crippen molar-refractivity contribution in [1.29, 1.82) is 0 Å². The van der Waals surface area contributed by atoms with E-state index in [0.717, 1.165) is 50.4 Å². The second kappa shape index (κ2) is 7.04.